The molecule has 4 heteroatoms. The van der Waals surface area contributed by atoms with Crippen LogP contribution in [0.1, 0.15) is 30.9 Å². The number of benzene rings is 3. The van der Waals surface area contributed by atoms with Crippen LogP contribution >= 0.6 is 0 Å². The number of aliphatic hydroxyl groups is 1. The molecule has 0 aromatic heterocycles. The molecule has 1 heterocycles. The third-order valence-corrected chi connectivity index (χ3v) is 5.21. The van der Waals surface area contributed by atoms with Gasteiger partial charge >= 0.3 is 0 Å². The van der Waals surface area contributed by atoms with Gasteiger partial charge in [0.05, 0.1) is 12.7 Å². The summed E-state index contributed by atoms with van der Waals surface area (Å²) in [5.74, 6) is -0.0130. The molecule has 3 aromatic carbocycles. The topological polar surface area (TPSA) is 38.7 Å². The molecule has 0 saturated carbocycles. The standard InChI is InChI=1S/C23H23FO3/c1-2-21-13-23(25,15-27-21)19-10-20(24)12-22(11-19)26-14-16-7-8-17-5-3-4-6-18(17)9-16/h3-12,21,25H,2,13-15H2,1H3. The third kappa shape index (κ3) is 3.82. The van der Waals surface area contributed by atoms with Gasteiger partial charge in [0.1, 0.15) is 23.8 Å². The van der Waals surface area contributed by atoms with Crippen LogP contribution < -0.4 is 4.74 Å². The van der Waals surface area contributed by atoms with Crippen LogP contribution in [0.3, 0.4) is 0 Å². The molecule has 0 radical (unpaired) electrons. The lowest BCUT2D eigenvalue weighted by Crippen LogP contribution is -2.26. The Morgan fingerprint density at radius 1 is 1.11 bits per heavy atom. The quantitative estimate of drug-likeness (QED) is 0.695. The maximum absolute atomic E-state index is 14.1. The number of hydrogen-bond donors (Lipinski definition) is 1. The first-order valence-electron chi connectivity index (χ1n) is 9.31. The van der Waals surface area contributed by atoms with Crippen molar-refractivity contribution in [2.75, 3.05) is 6.61 Å². The van der Waals surface area contributed by atoms with E-state index in [1.807, 2.05) is 25.1 Å². The first-order chi connectivity index (χ1) is 13.1. The highest BCUT2D eigenvalue weighted by Crippen LogP contribution is 2.37. The van der Waals surface area contributed by atoms with E-state index in [0.717, 1.165) is 17.4 Å². The predicted octanol–water partition coefficient (Wildman–Crippen LogP) is 4.94. The van der Waals surface area contributed by atoms with Gasteiger partial charge in [-0.1, -0.05) is 43.3 Å². The van der Waals surface area contributed by atoms with Gasteiger partial charge in [-0.05, 0) is 46.5 Å². The summed E-state index contributed by atoms with van der Waals surface area (Å²) in [4.78, 5) is 0. The summed E-state index contributed by atoms with van der Waals surface area (Å²) in [5, 5.41) is 13.2. The van der Waals surface area contributed by atoms with E-state index in [4.69, 9.17) is 9.47 Å². The highest BCUT2D eigenvalue weighted by Gasteiger charge is 2.39. The number of rotatable bonds is 5. The highest BCUT2D eigenvalue weighted by molar-refractivity contribution is 5.82. The average molecular weight is 366 g/mol. The number of ether oxygens (including phenoxy) is 2. The Labute approximate surface area is 158 Å². The minimum Gasteiger partial charge on any atom is -0.489 e. The fourth-order valence-corrected chi connectivity index (χ4v) is 3.62. The van der Waals surface area contributed by atoms with Gasteiger partial charge in [-0.3, -0.25) is 0 Å². The van der Waals surface area contributed by atoms with Crippen LogP contribution in [-0.2, 0) is 16.9 Å². The molecule has 3 aromatic rings. The van der Waals surface area contributed by atoms with Gasteiger partial charge < -0.3 is 14.6 Å². The van der Waals surface area contributed by atoms with Crippen LogP contribution in [-0.4, -0.2) is 17.8 Å². The van der Waals surface area contributed by atoms with E-state index in [2.05, 4.69) is 24.3 Å². The molecular formula is C23H23FO3. The molecule has 4 rings (SSSR count). The van der Waals surface area contributed by atoms with Gasteiger partial charge in [0, 0.05) is 12.5 Å². The van der Waals surface area contributed by atoms with Crippen molar-refractivity contribution in [3.05, 3.63) is 77.6 Å². The Bertz CT molecular complexity index is 955. The van der Waals surface area contributed by atoms with Crippen LogP contribution in [0.4, 0.5) is 4.39 Å². The maximum Gasteiger partial charge on any atom is 0.127 e. The fraction of sp³-hybridized carbons (Fsp3) is 0.304. The van der Waals surface area contributed by atoms with Gasteiger partial charge in [0.25, 0.3) is 0 Å². The summed E-state index contributed by atoms with van der Waals surface area (Å²) in [5.41, 5.74) is 0.351. The zero-order valence-electron chi connectivity index (χ0n) is 15.3. The molecule has 2 atom stereocenters. The molecule has 0 aliphatic carbocycles. The Morgan fingerprint density at radius 3 is 2.70 bits per heavy atom. The summed E-state index contributed by atoms with van der Waals surface area (Å²) < 4.78 is 25.6. The second-order valence-electron chi connectivity index (χ2n) is 7.22. The van der Waals surface area contributed by atoms with E-state index in [1.54, 1.807) is 6.07 Å². The fourth-order valence-electron chi connectivity index (χ4n) is 3.62. The van der Waals surface area contributed by atoms with Crippen LogP contribution in [0.25, 0.3) is 10.8 Å². The predicted molar refractivity (Wildman–Crippen MR) is 103 cm³/mol. The van der Waals surface area contributed by atoms with Crippen molar-refractivity contribution >= 4 is 10.8 Å². The summed E-state index contributed by atoms with van der Waals surface area (Å²) in [7, 11) is 0. The molecule has 2 unspecified atom stereocenters. The summed E-state index contributed by atoms with van der Waals surface area (Å²) in [6, 6.07) is 18.7. The lowest BCUT2D eigenvalue weighted by Gasteiger charge is -2.22. The largest absolute Gasteiger partial charge is 0.489 e. The molecule has 0 amide bonds. The smallest absolute Gasteiger partial charge is 0.127 e. The van der Waals surface area contributed by atoms with Gasteiger partial charge in [-0.2, -0.15) is 0 Å². The summed E-state index contributed by atoms with van der Waals surface area (Å²) >= 11 is 0. The van der Waals surface area contributed by atoms with Crippen LogP contribution in [0.2, 0.25) is 0 Å². The monoisotopic (exact) mass is 366 g/mol. The molecular weight excluding hydrogens is 343 g/mol. The molecule has 0 bridgehead atoms. The zero-order chi connectivity index (χ0) is 18.9. The Balaban J connectivity index is 1.53. The SMILES string of the molecule is CCC1CC(O)(c2cc(F)cc(OCc3ccc4ccccc4c3)c2)CO1. The molecule has 3 nitrogen and oxygen atoms in total. The van der Waals surface area contributed by atoms with Crippen LogP contribution in [0.5, 0.6) is 5.75 Å². The van der Waals surface area contributed by atoms with Crippen molar-refractivity contribution in [3.8, 4) is 5.75 Å². The summed E-state index contributed by atoms with van der Waals surface area (Å²) in [6.07, 6.45) is 1.29. The molecule has 140 valence electrons. The lowest BCUT2D eigenvalue weighted by molar-refractivity contribution is 0.0176. The average Bonchev–Trinajstić information content (AvgIpc) is 3.08. The number of hydrogen-bond acceptors (Lipinski definition) is 3. The normalized spacial score (nSPS) is 22.3. The molecule has 1 fully saturated rings. The Morgan fingerprint density at radius 2 is 1.93 bits per heavy atom. The minimum absolute atomic E-state index is 0.000218. The van der Waals surface area contributed by atoms with Crippen molar-refractivity contribution in [1.82, 2.24) is 0 Å². The highest BCUT2D eigenvalue weighted by atomic mass is 19.1. The first-order valence-corrected chi connectivity index (χ1v) is 9.31. The minimum atomic E-state index is -1.16. The summed E-state index contributed by atoms with van der Waals surface area (Å²) in [6.45, 7) is 2.53. The van der Waals surface area contributed by atoms with E-state index in [1.165, 1.54) is 17.5 Å². The molecule has 27 heavy (non-hydrogen) atoms. The Kier molecular flexibility index (Phi) is 4.85. The third-order valence-electron chi connectivity index (χ3n) is 5.21. The van der Waals surface area contributed by atoms with E-state index in [-0.39, 0.29) is 12.7 Å². The van der Waals surface area contributed by atoms with E-state index >= 15 is 0 Å². The lowest BCUT2D eigenvalue weighted by atomic mass is 9.90. The van der Waals surface area contributed by atoms with Crippen molar-refractivity contribution in [2.24, 2.45) is 0 Å². The molecule has 1 aliphatic heterocycles. The van der Waals surface area contributed by atoms with E-state index < -0.39 is 11.4 Å². The second kappa shape index (κ2) is 7.29. The van der Waals surface area contributed by atoms with Gasteiger partial charge in [0.2, 0.25) is 0 Å². The second-order valence-corrected chi connectivity index (χ2v) is 7.22. The van der Waals surface area contributed by atoms with Crippen LogP contribution in [0.15, 0.2) is 60.7 Å². The van der Waals surface area contributed by atoms with Crippen molar-refractivity contribution in [1.29, 1.82) is 0 Å². The van der Waals surface area contributed by atoms with Crippen LogP contribution in [0, 0.1) is 5.82 Å². The van der Waals surface area contributed by atoms with Gasteiger partial charge in [-0.15, -0.1) is 0 Å². The maximum atomic E-state index is 14.1. The van der Waals surface area contributed by atoms with Crippen molar-refractivity contribution < 1.29 is 19.0 Å². The molecule has 1 saturated heterocycles. The van der Waals surface area contributed by atoms with Crippen molar-refractivity contribution in [2.45, 2.75) is 38.1 Å². The Hall–Kier alpha value is -2.43. The molecule has 1 aliphatic rings. The number of halogens is 1. The van der Waals surface area contributed by atoms with E-state index in [9.17, 15) is 9.50 Å². The number of fused-ring (bicyclic) bond motifs is 1. The zero-order valence-corrected chi connectivity index (χ0v) is 15.3. The first kappa shape index (κ1) is 18.0. The van der Waals surface area contributed by atoms with E-state index in [0.29, 0.717) is 24.3 Å². The van der Waals surface area contributed by atoms with Gasteiger partial charge in [-0.25, -0.2) is 4.39 Å². The van der Waals surface area contributed by atoms with Gasteiger partial charge in [0.15, 0.2) is 0 Å². The molecule has 1 N–H and O–H groups in total. The molecule has 0 spiro atoms. The van der Waals surface area contributed by atoms with Crippen molar-refractivity contribution in [3.63, 3.8) is 0 Å².